The van der Waals surface area contributed by atoms with Gasteiger partial charge < -0.3 is 20.3 Å². The van der Waals surface area contributed by atoms with Gasteiger partial charge in [0.05, 0.1) is 6.61 Å². The van der Waals surface area contributed by atoms with E-state index in [1.54, 1.807) is 0 Å². The molecule has 0 saturated carbocycles. The first kappa shape index (κ1) is 21.3. The second kappa shape index (κ2) is 11.6. The molecule has 2 aliphatic heterocycles. The number of benzene rings is 1. The van der Waals surface area contributed by atoms with Crippen molar-refractivity contribution in [3.05, 3.63) is 29.3 Å². The minimum atomic E-state index is 0. The van der Waals surface area contributed by atoms with E-state index in [4.69, 9.17) is 9.73 Å². The molecule has 1 aromatic rings. The SMILES string of the molecule is CCNC(=NCCCN1CCCC1)NCCc1ccc2c(c1)CCO2.I. The molecule has 5 nitrogen and oxygen atoms in total. The molecular weight excluding hydrogens is 439 g/mol. The topological polar surface area (TPSA) is 48.9 Å². The van der Waals surface area contributed by atoms with Gasteiger partial charge in [-0.25, -0.2) is 0 Å². The van der Waals surface area contributed by atoms with E-state index in [1.165, 1.54) is 43.6 Å². The number of rotatable bonds is 8. The Morgan fingerprint density at radius 3 is 2.88 bits per heavy atom. The van der Waals surface area contributed by atoms with Crippen LogP contribution < -0.4 is 15.4 Å². The van der Waals surface area contributed by atoms with Crippen LogP contribution in [0.2, 0.25) is 0 Å². The zero-order valence-corrected chi connectivity index (χ0v) is 18.3. The molecule has 1 saturated heterocycles. The van der Waals surface area contributed by atoms with Crippen LogP contribution in [0.4, 0.5) is 0 Å². The van der Waals surface area contributed by atoms with E-state index < -0.39 is 0 Å². The van der Waals surface area contributed by atoms with Gasteiger partial charge in [-0.3, -0.25) is 4.99 Å². The zero-order valence-electron chi connectivity index (χ0n) is 15.9. The van der Waals surface area contributed by atoms with Crippen molar-refractivity contribution >= 4 is 29.9 Å². The molecule has 3 rings (SSSR count). The van der Waals surface area contributed by atoms with Gasteiger partial charge in [0.25, 0.3) is 0 Å². The fraction of sp³-hybridized carbons (Fsp3) is 0.650. The highest BCUT2D eigenvalue weighted by Gasteiger charge is 2.12. The molecule has 2 heterocycles. The quantitative estimate of drug-likeness (QED) is 0.265. The number of nitrogens with zero attached hydrogens (tertiary/aromatic N) is 2. The molecule has 0 unspecified atom stereocenters. The van der Waals surface area contributed by atoms with Gasteiger partial charge in [-0.1, -0.05) is 12.1 Å². The Bertz CT molecular complexity index is 573. The number of hydrogen-bond donors (Lipinski definition) is 2. The Morgan fingerprint density at radius 1 is 1.23 bits per heavy atom. The van der Waals surface area contributed by atoms with Gasteiger partial charge in [-0.15, -0.1) is 24.0 Å². The van der Waals surface area contributed by atoms with Gasteiger partial charge in [0.15, 0.2) is 5.96 Å². The standard InChI is InChI=1S/C20H32N4O.HI/c1-2-21-20(22-10-5-14-24-12-3-4-13-24)23-11-8-17-6-7-19-18(16-17)9-15-25-19;/h6-7,16H,2-5,8-15H2,1H3,(H2,21,22,23);1H. The van der Waals surface area contributed by atoms with Crippen molar-refractivity contribution in [2.75, 3.05) is 45.9 Å². The van der Waals surface area contributed by atoms with Crippen LogP contribution in [0, 0.1) is 0 Å². The normalized spacial score (nSPS) is 16.7. The van der Waals surface area contributed by atoms with Gasteiger partial charge in [0, 0.05) is 26.1 Å². The van der Waals surface area contributed by atoms with E-state index in [0.717, 1.165) is 57.2 Å². The molecule has 1 fully saturated rings. The van der Waals surface area contributed by atoms with E-state index in [1.807, 2.05) is 0 Å². The van der Waals surface area contributed by atoms with E-state index >= 15 is 0 Å². The average molecular weight is 472 g/mol. The molecule has 2 N–H and O–H groups in total. The molecule has 26 heavy (non-hydrogen) atoms. The van der Waals surface area contributed by atoms with Crippen LogP contribution in [-0.4, -0.2) is 56.7 Å². The number of aliphatic imine (C=N–C) groups is 1. The number of guanidine groups is 1. The lowest BCUT2D eigenvalue weighted by atomic mass is 10.1. The number of fused-ring (bicyclic) bond motifs is 1. The lowest BCUT2D eigenvalue weighted by Gasteiger charge is -2.14. The highest BCUT2D eigenvalue weighted by atomic mass is 127. The lowest BCUT2D eigenvalue weighted by molar-refractivity contribution is 0.336. The van der Waals surface area contributed by atoms with Gasteiger partial charge in [-0.2, -0.15) is 0 Å². The number of likely N-dealkylation sites (tertiary alicyclic amines) is 1. The lowest BCUT2D eigenvalue weighted by Crippen LogP contribution is -2.38. The molecule has 0 atom stereocenters. The minimum Gasteiger partial charge on any atom is -0.493 e. The van der Waals surface area contributed by atoms with Crippen molar-refractivity contribution in [2.45, 2.75) is 39.0 Å². The molecule has 6 heteroatoms. The fourth-order valence-electron chi connectivity index (χ4n) is 3.55. The third-order valence-corrected chi connectivity index (χ3v) is 4.91. The van der Waals surface area contributed by atoms with Crippen molar-refractivity contribution in [2.24, 2.45) is 4.99 Å². The summed E-state index contributed by atoms with van der Waals surface area (Å²) in [6, 6.07) is 6.56. The Kier molecular flexibility index (Phi) is 9.53. The Morgan fingerprint density at radius 2 is 2.08 bits per heavy atom. The summed E-state index contributed by atoms with van der Waals surface area (Å²) < 4.78 is 5.57. The van der Waals surface area contributed by atoms with Crippen molar-refractivity contribution in [1.29, 1.82) is 0 Å². The predicted octanol–water partition coefficient (Wildman–Crippen LogP) is 2.82. The van der Waals surface area contributed by atoms with Crippen molar-refractivity contribution in [3.8, 4) is 5.75 Å². The van der Waals surface area contributed by atoms with Crippen molar-refractivity contribution in [3.63, 3.8) is 0 Å². The summed E-state index contributed by atoms with van der Waals surface area (Å²) in [6.45, 7) is 9.35. The second-order valence-corrected chi connectivity index (χ2v) is 6.88. The molecular formula is C20H33IN4O. The summed E-state index contributed by atoms with van der Waals surface area (Å²) in [5, 5.41) is 6.80. The van der Waals surface area contributed by atoms with Crippen LogP contribution in [0.25, 0.3) is 0 Å². The highest BCUT2D eigenvalue weighted by Crippen LogP contribution is 2.25. The van der Waals surface area contributed by atoms with Crippen LogP contribution in [0.5, 0.6) is 5.75 Å². The van der Waals surface area contributed by atoms with Gasteiger partial charge in [0.2, 0.25) is 0 Å². The Balaban J connectivity index is 0.00000243. The molecule has 146 valence electrons. The monoisotopic (exact) mass is 472 g/mol. The summed E-state index contributed by atoms with van der Waals surface area (Å²) in [7, 11) is 0. The van der Waals surface area contributed by atoms with Crippen LogP contribution in [0.3, 0.4) is 0 Å². The van der Waals surface area contributed by atoms with Gasteiger partial charge in [-0.05, 0) is 69.4 Å². The Labute approximate surface area is 175 Å². The Hall–Kier alpha value is -1.02. The maximum absolute atomic E-state index is 5.57. The molecule has 0 aliphatic carbocycles. The maximum Gasteiger partial charge on any atom is 0.191 e. The van der Waals surface area contributed by atoms with E-state index in [0.29, 0.717) is 0 Å². The first-order valence-electron chi connectivity index (χ1n) is 9.84. The summed E-state index contributed by atoms with van der Waals surface area (Å²) >= 11 is 0. The smallest absolute Gasteiger partial charge is 0.191 e. The number of halogens is 1. The first-order valence-corrected chi connectivity index (χ1v) is 9.84. The van der Waals surface area contributed by atoms with Crippen LogP contribution in [0.1, 0.15) is 37.3 Å². The third-order valence-electron chi connectivity index (χ3n) is 4.91. The van der Waals surface area contributed by atoms with Crippen LogP contribution in [0.15, 0.2) is 23.2 Å². The van der Waals surface area contributed by atoms with Crippen molar-refractivity contribution < 1.29 is 4.74 Å². The molecule has 0 spiro atoms. The number of ether oxygens (including phenoxy) is 1. The van der Waals surface area contributed by atoms with Crippen LogP contribution in [-0.2, 0) is 12.8 Å². The number of hydrogen-bond acceptors (Lipinski definition) is 3. The van der Waals surface area contributed by atoms with Gasteiger partial charge in [0.1, 0.15) is 5.75 Å². The van der Waals surface area contributed by atoms with Crippen LogP contribution >= 0.6 is 24.0 Å². The second-order valence-electron chi connectivity index (χ2n) is 6.88. The summed E-state index contributed by atoms with van der Waals surface area (Å²) in [5.74, 6) is 2.00. The van der Waals surface area contributed by atoms with E-state index in [2.05, 4.69) is 40.7 Å². The van der Waals surface area contributed by atoms with Gasteiger partial charge >= 0.3 is 0 Å². The molecule has 0 radical (unpaired) electrons. The molecule has 1 aromatic carbocycles. The summed E-state index contributed by atoms with van der Waals surface area (Å²) in [5.41, 5.74) is 2.71. The number of nitrogens with one attached hydrogen (secondary N) is 2. The highest BCUT2D eigenvalue weighted by molar-refractivity contribution is 14.0. The van der Waals surface area contributed by atoms with E-state index in [9.17, 15) is 0 Å². The average Bonchev–Trinajstić information content (AvgIpc) is 3.29. The largest absolute Gasteiger partial charge is 0.493 e. The van der Waals surface area contributed by atoms with Crippen molar-refractivity contribution in [1.82, 2.24) is 15.5 Å². The fourth-order valence-corrected chi connectivity index (χ4v) is 3.55. The summed E-state index contributed by atoms with van der Waals surface area (Å²) in [6.07, 6.45) is 5.91. The third kappa shape index (κ3) is 6.61. The molecule has 0 bridgehead atoms. The first-order chi connectivity index (χ1) is 12.3. The maximum atomic E-state index is 5.57. The predicted molar refractivity (Wildman–Crippen MR) is 119 cm³/mol. The molecule has 0 amide bonds. The minimum absolute atomic E-state index is 0. The summed E-state index contributed by atoms with van der Waals surface area (Å²) in [4.78, 5) is 7.26. The molecule has 0 aromatic heterocycles. The molecule has 2 aliphatic rings. The zero-order chi connectivity index (χ0) is 17.3. The van der Waals surface area contributed by atoms with E-state index in [-0.39, 0.29) is 24.0 Å².